The molecule has 4 saturated carbocycles. The fourth-order valence-corrected chi connectivity index (χ4v) is 8.26. The summed E-state index contributed by atoms with van der Waals surface area (Å²) in [4.78, 5) is 13.2. The number of carbonyl (C=O) groups is 1. The second-order valence-electron chi connectivity index (χ2n) is 10.0. The molecule has 0 unspecified atom stereocenters. The van der Waals surface area contributed by atoms with E-state index in [2.05, 4.69) is 12.2 Å². The van der Waals surface area contributed by atoms with E-state index in [1.807, 2.05) is 0 Å². The predicted molar refractivity (Wildman–Crippen MR) is 114 cm³/mol. The Hall–Kier alpha value is -1.44. The number of rotatable bonds is 5. The van der Waals surface area contributed by atoms with Gasteiger partial charge in [-0.25, -0.2) is 8.42 Å². The maximum atomic E-state index is 12.9. The molecule has 0 spiro atoms. The number of benzene rings is 1. The number of nitrogens with one attached hydrogen (secondary N) is 1. The first kappa shape index (κ1) is 20.5. The highest BCUT2D eigenvalue weighted by atomic mass is 32.2. The molecule has 164 valence electrons. The molecule has 0 aromatic heterocycles. The molecule has 0 radical (unpaired) electrons. The van der Waals surface area contributed by atoms with Crippen molar-refractivity contribution in [2.45, 2.75) is 56.4 Å². The second kappa shape index (κ2) is 7.61. The first-order chi connectivity index (χ1) is 14.4. The van der Waals surface area contributed by atoms with E-state index in [1.165, 1.54) is 42.8 Å². The minimum absolute atomic E-state index is 0.103. The number of hydrogen-bond acceptors (Lipinski definition) is 4. The molecular formula is C23H32N2O4S. The van der Waals surface area contributed by atoms with Gasteiger partial charge in [0.2, 0.25) is 10.0 Å². The van der Waals surface area contributed by atoms with Crippen LogP contribution in [-0.2, 0) is 14.8 Å². The fourth-order valence-electron chi connectivity index (χ4n) is 6.86. The van der Waals surface area contributed by atoms with Crippen LogP contribution >= 0.6 is 0 Å². The molecule has 6 rings (SSSR count). The predicted octanol–water partition coefficient (Wildman–Crippen LogP) is 3.04. The summed E-state index contributed by atoms with van der Waals surface area (Å²) in [5.41, 5.74) is 0.775. The van der Waals surface area contributed by atoms with E-state index in [1.54, 1.807) is 24.3 Å². The fraction of sp³-hybridized carbons (Fsp3) is 0.696. The molecule has 7 heteroatoms. The molecule has 5 fully saturated rings. The molecule has 30 heavy (non-hydrogen) atoms. The molecule has 1 aliphatic heterocycles. The van der Waals surface area contributed by atoms with E-state index in [4.69, 9.17) is 4.74 Å². The van der Waals surface area contributed by atoms with Crippen LogP contribution in [0.4, 0.5) is 0 Å². The first-order valence-corrected chi connectivity index (χ1v) is 12.8. The highest BCUT2D eigenvalue weighted by molar-refractivity contribution is 7.89. The van der Waals surface area contributed by atoms with Gasteiger partial charge in [-0.1, -0.05) is 0 Å². The van der Waals surface area contributed by atoms with Crippen molar-refractivity contribution < 1.29 is 17.9 Å². The Kier molecular flexibility index (Phi) is 5.19. The van der Waals surface area contributed by atoms with Crippen molar-refractivity contribution in [2.24, 2.45) is 23.2 Å². The van der Waals surface area contributed by atoms with Gasteiger partial charge in [-0.3, -0.25) is 4.79 Å². The summed E-state index contributed by atoms with van der Waals surface area (Å²) >= 11 is 0. The van der Waals surface area contributed by atoms with Crippen molar-refractivity contribution >= 4 is 15.9 Å². The molecule has 1 saturated heterocycles. The third kappa shape index (κ3) is 3.59. The lowest BCUT2D eigenvalue weighted by molar-refractivity contribution is -0.0688. The summed E-state index contributed by atoms with van der Waals surface area (Å²) in [6, 6.07) is 6.52. The lowest BCUT2D eigenvalue weighted by atomic mass is 9.48. The van der Waals surface area contributed by atoms with Crippen molar-refractivity contribution in [3.05, 3.63) is 29.8 Å². The second-order valence-corrected chi connectivity index (χ2v) is 12.0. The van der Waals surface area contributed by atoms with E-state index in [-0.39, 0.29) is 22.3 Å². The van der Waals surface area contributed by atoms with Crippen LogP contribution in [0.25, 0.3) is 0 Å². The van der Waals surface area contributed by atoms with Crippen molar-refractivity contribution in [1.29, 1.82) is 0 Å². The van der Waals surface area contributed by atoms with Gasteiger partial charge in [0.15, 0.2) is 0 Å². The van der Waals surface area contributed by atoms with Gasteiger partial charge in [0.05, 0.1) is 18.1 Å². The summed E-state index contributed by atoms with van der Waals surface area (Å²) in [7, 11) is -3.54. The van der Waals surface area contributed by atoms with Crippen molar-refractivity contribution in [1.82, 2.24) is 9.62 Å². The number of hydrogen-bond donors (Lipinski definition) is 1. The quantitative estimate of drug-likeness (QED) is 0.776. The van der Waals surface area contributed by atoms with Crippen LogP contribution in [0, 0.1) is 23.2 Å². The molecule has 6 nitrogen and oxygen atoms in total. The molecule has 1 heterocycles. The van der Waals surface area contributed by atoms with E-state index < -0.39 is 10.0 Å². The lowest BCUT2D eigenvalue weighted by Crippen LogP contribution is -2.55. The zero-order chi connectivity index (χ0) is 20.9. The minimum Gasteiger partial charge on any atom is -0.379 e. The maximum Gasteiger partial charge on any atom is 0.251 e. The topological polar surface area (TPSA) is 75.7 Å². The third-order valence-corrected chi connectivity index (χ3v) is 9.99. The molecular weight excluding hydrogens is 400 g/mol. The zero-order valence-corrected chi connectivity index (χ0v) is 18.5. The Morgan fingerprint density at radius 1 is 1.03 bits per heavy atom. The molecule has 4 bridgehead atoms. The van der Waals surface area contributed by atoms with Gasteiger partial charge >= 0.3 is 0 Å². The highest BCUT2D eigenvalue weighted by Gasteiger charge is 2.53. The average Bonchev–Trinajstić information content (AvgIpc) is 2.73. The third-order valence-electron chi connectivity index (χ3n) is 8.08. The van der Waals surface area contributed by atoms with Gasteiger partial charge < -0.3 is 10.1 Å². The molecule has 1 N–H and O–H groups in total. The average molecular weight is 433 g/mol. The van der Waals surface area contributed by atoms with Crippen LogP contribution in [0.3, 0.4) is 0 Å². The van der Waals surface area contributed by atoms with E-state index in [0.29, 0.717) is 31.9 Å². The number of sulfonamides is 1. The van der Waals surface area contributed by atoms with E-state index in [9.17, 15) is 13.2 Å². The van der Waals surface area contributed by atoms with Gasteiger partial charge in [-0.15, -0.1) is 0 Å². The monoisotopic (exact) mass is 432 g/mol. The number of carbonyl (C=O) groups excluding carboxylic acids is 1. The summed E-state index contributed by atoms with van der Waals surface area (Å²) in [6.07, 6.45) is 7.91. The number of ether oxygens (including phenoxy) is 1. The Labute approximate surface area is 179 Å². The van der Waals surface area contributed by atoms with Crippen LogP contribution in [-0.4, -0.2) is 51.0 Å². The van der Waals surface area contributed by atoms with Crippen LogP contribution in [0.1, 0.15) is 55.8 Å². The molecule has 1 aromatic carbocycles. The Balaban J connectivity index is 1.27. The number of amides is 1. The summed E-state index contributed by atoms with van der Waals surface area (Å²) < 4.78 is 32.2. The minimum atomic E-state index is -3.54. The van der Waals surface area contributed by atoms with Gasteiger partial charge in [-0.05, 0) is 92.9 Å². The normalized spacial score (nSPS) is 34.6. The van der Waals surface area contributed by atoms with Gasteiger partial charge in [0.1, 0.15) is 0 Å². The molecule has 1 atom stereocenters. The van der Waals surface area contributed by atoms with Gasteiger partial charge in [-0.2, -0.15) is 4.31 Å². The zero-order valence-electron chi connectivity index (χ0n) is 17.7. The van der Waals surface area contributed by atoms with Gasteiger partial charge in [0.25, 0.3) is 5.91 Å². The summed E-state index contributed by atoms with van der Waals surface area (Å²) in [5, 5.41) is 3.26. The van der Waals surface area contributed by atoms with Crippen molar-refractivity contribution in [2.75, 3.05) is 26.3 Å². The Morgan fingerprint density at radius 2 is 1.57 bits per heavy atom. The largest absolute Gasteiger partial charge is 0.379 e. The number of nitrogens with zero attached hydrogens (tertiary/aromatic N) is 1. The number of morpholine rings is 1. The Morgan fingerprint density at radius 3 is 2.10 bits per heavy atom. The standard InChI is InChI=1S/C23H32N2O4S/c1-16(23-13-17-10-18(14-23)12-19(11-17)15-23)24-22(26)20-2-4-21(5-3-20)30(27,28)25-6-8-29-9-7-25/h2-5,16-19H,6-15H2,1H3,(H,24,26)/t16-,17?,18?,19?,23?/m1/s1. The first-order valence-electron chi connectivity index (χ1n) is 11.3. The van der Waals surface area contributed by atoms with Crippen LogP contribution in [0.15, 0.2) is 29.2 Å². The van der Waals surface area contributed by atoms with Crippen LogP contribution < -0.4 is 5.32 Å². The molecule has 4 aliphatic carbocycles. The summed E-state index contributed by atoms with van der Waals surface area (Å²) in [6.45, 7) is 3.74. The van der Waals surface area contributed by atoms with Crippen molar-refractivity contribution in [3.8, 4) is 0 Å². The van der Waals surface area contributed by atoms with Crippen LogP contribution in [0.5, 0.6) is 0 Å². The van der Waals surface area contributed by atoms with Crippen molar-refractivity contribution in [3.63, 3.8) is 0 Å². The molecule has 5 aliphatic rings. The smallest absolute Gasteiger partial charge is 0.251 e. The summed E-state index contributed by atoms with van der Waals surface area (Å²) in [5.74, 6) is 2.44. The van der Waals surface area contributed by atoms with E-state index >= 15 is 0 Å². The van der Waals surface area contributed by atoms with Crippen LogP contribution in [0.2, 0.25) is 0 Å². The molecule has 1 amide bonds. The van der Waals surface area contributed by atoms with Gasteiger partial charge in [0, 0.05) is 24.7 Å². The van der Waals surface area contributed by atoms with E-state index in [0.717, 1.165) is 17.8 Å². The maximum absolute atomic E-state index is 12.9. The SMILES string of the molecule is C[C@@H](NC(=O)c1ccc(S(=O)(=O)N2CCOCC2)cc1)C12CC3CC(CC(C3)C1)C2. The molecule has 1 aromatic rings. The lowest BCUT2D eigenvalue weighted by Gasteiger charge is -2.59. The Bertz CT molecular complexity index is 870. The highest BCUT2D eigenvalue weighted by Crippen LogP contribution is 2.61.